The van der Waals surface area contributed by atoms with E-state index in [1.807, 2.05) is 30.3 Å². The maximum atomic E-state index is 12.4. The average Bonchev–Trinajstić information content (AvgIpc) is 3.02. The Morgan fingerprint density at radius 2 is 1.88 bits per heavy atom. The number of hydrogen-bond acceptors (Lipinski definition) is 3. The number of benzene rings is 1. The molecule has 2 N–H and O–H groups in total. The molecule has 0 bridgehead atoms. The SMILES string of the molecule is Cn1nc(C(=O)NCc2ccccc2)cc1NC(=O)C1CCCCC1. The first kappa shape index (κ1) is 17.2. The lowest BCUT2D eigenvalue weighted by atomic mass is 9.89. The van der Waals surface area contributed by atoms with E-state index in [2.05, 4.69) is 15.7 Å². The van der Waals surface area contributed by atoms with E-state index in [-0.39, 0.29) is 17.7 Å². The summed E-state index contributed by atoms with van der Waals surface area (Å²) in [6.07, 6.45) is 5.30. The van der Waals surface area contributed by atoms with Gasteiger partial charge in [0.2, 0.25) is 5.91 Å². The normalized spacial score (nSPS) is 14.9. The van der Waals surface area contributed by atoms with Crippen molar-refractivity contribution in [3.8, 4) is 0 Å². The number of nitrogens with one attached hydrogen (secondary N) is 2. The van der Waals surface area contributed by atoms with E-state index < -0.39 is 0 Å². The molecule has 1 fully saturated rings. The van der Waals surface area contributed by atoms with Crippen molar-refractivity contribution in [1.29, 1.82) is 0 Å². The van der Waals surface area contributed by atoms with Gasteiger partial charge in [-0.05, 0) is 18.4 Å². The van der Waals surface area contributed by atoms with Gasteiger partial charge in [0, 0.05) is 25.6 Å². The van der Waals surface area contributed by atoms with E-state index in [9.17, 15) is 9.59 Å². The molecule has 1 saturated carbocycles. The summed E-state index contributed by atoms with van der Waals surface area (Å²) in [5.41, 5.74) is 1.33. The van der Waals surface area contributed by atoms with Crippen LogP contribution in [0.25, 0.3) is 0 Å². The molecule has 6 heteroatoms. The molecule has 0 atom stereocenters. The van der Waals surface area contributed by atoms with E-state index in [1.54, 1.807) is 13.1 Å². The predicted octanol–water partition coefficient (Wildman–Crippen LogP) is 2.87. The Hall–Kier alpha value is -2.63. The van der Waals surface area contributed by atoms with Crippen molar-refractivity contribution in [2.75, 3.05) is 5.32 Å². The summed E-state index contributed by atoms with van der Waals surface area (Å²) < 4.78 is 1.54. The highest BCUT2D eigenvalue weighted by atomic mass is 16.2. The fourth-order valence-electron chi connectivity index (χ4n) is 3.16. The predicted molar refractivity (Wildman–Crippen MR) is 96.0 cm³/mol. The minimum Gasteiger partial charge on any atom is -0.347 e. The van der Waals surface area contributed by atoms with Gasteiger partial charge in [0.1, 0.15) is 5.82 Å². The van der Waals surface area contributed by atoms with E-state index in [0.717, 1.165) is 31.2 Å². The largest absolute Gasteiger partial charge is 0.347 e. The lowest BCUT2D eigenvalue weighted by Gasteiger charge is -2.20. The van der Waals surface area contributed by atoms with Crippen LogP contribution in [0.5, 0.6) is 0 Å². The molecule has 2 amide bonds. The summed E-state index contributed by atoms with van der Waals surface area (Å²) in [7, 11) is 1.73. The van der Waals surface area contributed by atoms with Crippen LogP contribution in [0, 0.1) is 5.92 Å². The molecule has 0 radical (unpaired) electrons. The van der Waals surface area contributed by atoms with Gasteiger partial charge in [-0.25, -0.2) is 0 Å². The van der Waals surface area contributed by atoms with Crippen molar-refractivity contribution in [3.63, 3.8) is 0 Å². The van der Waals surface area contributed by atoms with Crippen LogP contribution in [0.1, 0.15) is 48.2 Å². The second-order valence-corrected chi connectivity index (χ2v) is 6.53. The fourth-order valence-corrected chi connectivity index (χ4v) is 3.16. The summed E-state index contributed by atoms with van der Waals surface area (Å²) in [6, 6.07) is 11.3. The number of rotatable bonds is 5. The molecule has 1 aromatic heterocycles. The number of anilines is 1. The van der Waals surface area contributed by atoms with Gasteiger partial charge < -0.3 is 10.6 Å². The summed E-state index contributed by atoms with van der Waals surface area (Å²) in [6.45, 7) is 0.444. The van der Waals surface area contributed by atoms with Crippen molar-refractivity contribution in [1.82, 2.24) is 15.1 Å². The third-order valence-corrected chi connectivity index (χ3v) is 4.64. The molecule has 25 heavy (non-hydrogen) atoms. The highest BCUT2D eigenvalue weighted by molar-refractivity contribution is 5.96. The van der Waals surface area contributed by atoms with Crippen LogP contribution in [-0.4, -0.2) is 21.6 Å². The molecule has 6 nitrogen and oxygen atoms in total. The molecule has 1 aliphatic rings. The van der Waals surface area contributed by atoms with E-state index in [0.29, 0.717) is 18.1 Å². The van der Waals surface area contributed by atoms with Gasteiger partial charge in [-0.1, -0.05) is 49.6 Å². The van der Waals surface area contributed by atoms with E-state index >= 15 is 0 Å². The quantitative estimate of drug-likeness (QED) is 0.879. The van der Waals surface area contributed by atoms with Crippen LogP contribution in [-0.2, 0) is 18.4 Å². The van der Waals surface area contributed by atoms with Gasteiger partial charge in [-0.15, -0.1) is 0 Å². The third kappa shape index (κ3) is 4.47. The van der Waals surface area contributed by atoms with Crippen molar-refractivity contribution in [2.45, 2.75) is 38.6 Å². The summed E-state index contributed by atoms with van der Waals surface area (Å²) >= 11 is 0. The third-order valence-electron chi connectivity index (χ3n) is 4.64. The maximum Gasteiger partial charge on any atom is 0.272 e. The summed E-state index contributed by atoms with van der Waals surface area (Å²) in [5, 5.41) is 9.97. The van der Waals surface area contributed by atoms with Gasteiger partial charge in [0.15, 0.2) is 5.69 Å². The van der Waals surface area contributed by atoms with E-state index in [4.69, 9.17) is 0 Å². The highest BCUT2D eigenvalue weighted by Crippen LogP contribution is 2.25. The molecule has 0 unspecified atom stereocenters. The molecule has 0 aliphatic heterocycles. The van der Waals surface area contributed by atoms with Crippen molar-refractivity contribution >= 4 is 17.6 Å². The molecule has 1 heterocycles. The zero-order chi connectivity index (χ0) is 17.6. The van der Waals surface area contributed by atoms with Gasteiger partial charge in [-0.3, -0.25) is 14.3 Å². The van der Waals surface area contributed by atoms with Crippen LogP contribution in [0.4, 0.5) is 5.82 Å². The molecular formula is C19H24N4O2. The average molecular weight is 340 g/mol. The molecular weight excluding hydrogens is 316 g/mol. The molecule has 2 aromatic rings. The standard InChI is InChI=1S/C19H24N4O2/c1-23-17(21-18(24)15-10-6-3-7-11-15)12-16(22-23)19(25)20-13-14-8-4-2-5-9-14/h2,4-5,8-9,12,15H,3,6-7,10-11,13H2,1H3,(H,20,25)(H,21,24). The van der Waals surface area contributed by atoms with Crippen LogP contribution < -0.4 is 10.6 Å². The minimum atomic E-state index is -0.252. The Morgan fingerprint density at radius 3 is 2.60 bits per heavy atom. The van der Waals surface area contributed by atoms with Crippen molar-refractivity contribution in [3.05, 3.63) is 47.7 Å². The second kappa shape index (κ2) is 7.96. The van der Waals surface area contributed by atoms with Gasteiger partial charge in [0.05, 0.1) is 0 Å². The minimum absolute atomic E-state index is 0.0268. The first-order valence-electron chi connectivity index (χ1n) is 8.80. The van der Waals surface area contributed by atoms with Crippen molar-refractivity contribution < 1.29 is 9.59 Å². The zero-order valence-corrected chi connectivity index (χ0v) is 14.5. The number of aryl methyl sites for hydroxylation is 1. The van der Waals surface area contributed by atoms with Gasteiger partial charge >= 0.3 is 0 Å². The molecule has 1 aromatic carbocycles. The molecule has 0 saturated heterocycles. The monoisotopic (exact) mass is 340 g/mol. The van der Waals surface area contributed by atoms with Crippen LogP contribution in [0.2, 0.25) is 0 Å². The van der Waals surface area contributed by atoms with Gasteiger partial charge in [-0.2, -0.15) is 5.10 Å². The number of amides is 2. The number of carbonyl (C=O) groups excluding carboxylic acids is 2. The van der Waals surface area contributed by atoms with Crippen molar-refractivity contribution in [2.24, 2.45) is 13.0 Å². The number of carbonyl (C=O) groups is 2. The summed E-state index contributed by atoms with van der Waals surface area (Å²) in [4.78, 5) is 24.6. The second-order valence-electron chi connectivity index (χ2n) is 6.53. The molecule has 1 aliphatic carbocycles. The molecule has 3 rings (SSSR count). The Kier molecular flexibility index (Phi) is 5.48. The lowest BCUT2D eigenvalue weighted by Crippen LogP contribution is -2.25. The summed E-state index contributed by atoms with van der Waals surface area (Å²) in [5.74, 6) is 0.399. The fraction of sp³-hybridized carbons (Fsp3) is 0.421. The lowest BCUT2D eigenvalue weighted by molar-refractivity contribution is -0.120. The number of nitrogens with zero attached hydrogens (tertiary/aromatic N) is 2. The van der Waals surface area contributed by atoms with Crippen LogP contribution in [0.3, 0.4) is 0 Å². The maximum absolute atomic E-state index is 12.4. The Bertz CT molecular complexity index is 733. The van der Waals surface area contributed by atoms with Crippen LogP contribution in [0.15, 0.2) is 36.4 Å². The van der Waals surface area contributed by atoms with Gasteiger partial charge in [0.25, 0.3) is 5.91 Å². The van der Waals surface area contributed by atoms with Crippen LogP contribution >= 0.6 is 0 Å². The first-order valence-corrected chi connectivity index (χ1v) is 8.80. The zero-order valence-electron chi connectivity index (χ0n) is 14.5. The first-order chi connectivity index (χ1) is 12.1. The Labute approximate surface area is 147 Å². The highest BCUT2D eigenvalue weighted by Gasteiger charge is 2.22. The number of aromatic nitrogens is 2. The topological polar surface area (TPSA) is 76.0 Å². The number of hydrogen-bond donors (Lipinski definition) is 2. The smallest absolute Gasteiger partial charge is 0.272 e. The molecule has 0 spiro atoms. The molecule has 132 valence electrons. The Morgan fingerprint density at radius 1 is 1.16 bits per heavy atom. The van der Waals surface area contributed by atoms with E-state index in [1.165, 1.54) is 11.1 Å². The Balaban J connectivity index is 1.59.